The second-order valence-electron chi connectivity index (χ2n) is 7.08. The lowest BCUT2D eigenvalue weighted by Gasteiger charge is -2.37. The molecule has 7 nitrogen and oxygen atoms in total. The van der Waals surface area contributed by atoms with E-state index in [1.165, 1.54) is 5.69 Å². The summed E-state index contributed by atoms with van der Waals surface area (Å²) in [5, 5.41) is 5.16. The summed E-state index contributed by atoms with van der Waals surface area (Å²) in [6.07, 6.45) is 2.36. The molecule has 0 spiro atoms. The van der Waals surface area contributed by atoms with Crippen molar-refractivity contribution in [3.63, 3.8) is 0 Å². The number of fused-ring (bicyclic) bond motifs is 1. The zero-order valence-electron chi connectivity index (χ0n) is 16.4. The van der Waals surface area contributed by atoms with Gasteiger partial charge in [0.25, 0.3) is 0 Å². The number of carbonyl (C=O) groups is 1. The minimum Gasteiger partial charge on any atom is -0.368 e. The lowest BCUT2D eigenvalue weighted by molar-refractivity contribution is -0.116. The SMILES string of the molecule is CC(=O)N1CC/C(=N/NC(=S)N2CCN(c3ccccc3)CC2)c2ncccc21. The van der Waals surface area contributed by atoms with Crippen LogP contribution in [0.25, 0.3) is 0 Å². The molecule has 2 aliphatic rings. The van der Waals surface area contributed by atoms with Crippen molar-refractivity contribution in [2.45, 2.75) is 13.3 Å². The van der Waals surface area contributed by atoms with E-state index in [9.17, 15) is 4.79 Å². The molecule has 1 aromatic heterocycles. The molecule has 1 saturated heterocycles. The van der Waals surface area contributed by atoms with Crippen molar-refractivity contribution in [2.75, 3.05) is 42.5 Å². The zero-order valence-corrected chi connectivity index (χ0v) is 17.2. The predicted octanol–water partition coefficient (Wildman–Crippen LogP) is 2.24. The molecular formula is C21H24N6OS. The maximum absolute atomic E-state index is 11.9. The molecule has 29 heavy (non-hydrogen) atoms. The third-order valence-corrected chi connectivity index (χ3v) is 5.63. The number of aromatic nitrogens is 1. The number of hydrogen-bond donors (Lipinski definition) is 1. The summed E-state index contributed by atoms with van der Waals surface area (Å²) in [6.45, 7) is 5.69. The highest BCUT2D eigenvalue weighted by Crippen LogP contribution is 2.25. The summed E-state index contributed by atoms with van der Waals surface area (Å²) >= 11 is 5.57. The monoisotopic (exact) mass is 408 g/mol. The lowest BCUT2D eigenvalue weighted by atomic mass is 10.1. The summed E-state index contributed by atoms with van der Waals surface area (Å²) < 4.78 is 0. The van der Waals surface area contributed by atoms with E-state index in [2.05, 4.69) is 49.6 Å². The predicted molar refractivity (Wildman–Crippen MR) is 119 cm³/mol. The first-order chi connectivity index (χ1) is 14.1. The molecule has 0 bridgehead atoms. The van der Waals surface area contributed by atoms with Crippen LogP contribution in [0.15, 0.2) is 53.8 Å². The number of amides is 1. The molecule has 0 saturated carbocycles. The zero-order chi connectivity index (χ0) is 20.2. The van der Waals surface area contributed by atoms with E-state index in [0.29, 0.717) is 18.1 Å². The summed E-state index contributed by atoms with van der Waals surface area (Å²) in [6, 6.07) is 14.2. The first-order valence-corrected chi connectivity index (χ1v) is 10.2. The standard InChI is InChI=1S/C21H24N6OS/c1-16(28)27-11-9-18(20-19(27)8-5-10-22-20)23-24-21(29)26-14-12-25(13-15-26)17-6-3-2-4-7-17/h2-8,10H,9,11-15H2,1H3,(H,24,29)/b23-18-. The first kappa shape index (κ1) is 19.3. The molecule has 0 aliphatic carbocycles. The van der Waals surface area contributed by atoms with Gasteiger partial charge in [0.05, 0.1) is 11.4 Å². The average molecular weight is 409 g/mol. The van der Waals surface area contributed by atoms with E-state index in [4.69, 9.17) is 12.2 Å². The van der Waals surface area contributed by atoms with E-state index in [-0.39, 0.29) is 5.91 Å². The number of nitrogens with one attached hydrogen (secondary N) is 1. The highest BCUT2D eigenvalue weighted by molar-refractivity contribution is 7.80. The Morgan fingerprint density at radius 1 is 1.07 bits per heavy atom. The number of thiocarbonyl (C=S) groups is 1. The van der Waals surface area contributed by atoms with Gasteiger partial charge < -0.3 is 14.7 Å². The number of anilines is 2. The van der Waals surface area contributed by atoms with E-state index < -0.39 is 0 Å². The van der Waals surface area contributed by atoms with Crippen LogP contribution in [0.2, 0.25) is 0 Å². The maximum atomic E-state index is 11.9. The Balaban J connectivity index is 1.39. The molecule has 0 radical (unpaired) electrons. The van der Waals surface area contributed by atoms with Crippen molar-refractivity contribution in [2.24, 2.45) is 5.10 Å². The smallest absolute Gasteiger partial charge is 0.223 e. The number of nitrogens with zero attached hydrogens (tertiary/aromatic N) is 5. The minimum absolute atomic E-state index is 0.0121. The quantitative estimate of drug-likeness (QED) is 0.607. The number of benzene rings is 1. The van der Waals surface area contributed by atoms with Crippen LogP contribution in [-0.4, -0.2) is 59.3 Å². The van der Waals surface area contributed by atoms with Crippen LogP contribution in [0, 0.1) is 0 Å². The number of hydrogen-bond acceptors (Lipinski definition) is 5. The van der Waals surface area contributed by atoms with Crippen molar-refractivity contribution >= 4 is 40.3 Å². The Kier molecular flexibility index (Phi) is 5.71. The number of carbonyl (C=O) groups excluding carboxylic acids is 1. The molecule has 2 aromatic rings. The summed E-state index contributed by atoms with van der Waals surface area (Å²) in [7, 11) is 0. The molecule has 1 N–H and O–H groups in total. The Morgan fingerprint density at radius 3 is 2.55 bits per heavy atom. The fourth-order valence-corrected chi connectivity index (χ4v) is 3.95. The molecule has 0 atom stereocenters. The molecule has 1 aromatic carbocycles. The third kappa shape index (κ3) is 4.22. The number of rotatable bonds is 2. The van der Waals surface area contributed by atoms with Crippen molar-refractivity contribution in [3.8, 4) is 0 Å². The third-order valence-electron chi connectivity index (χ3n) is 5.28. The first-order valence-electron chi connectivity index (χ1n) is 9.78. The van der Waals surface area contributed by atoms with E-state index in [0.717, 1.165) is 43.3 Å². The van der Waals surface area contributed by atoms with Crippen LogP contribution in [0.3, 0.4) is 0 Å². The second kappa shape index (κ2) is 8.57. The Hall–Kier alpha value is -3.00. The number of hydrazone groups is 1. The van der Waals surface area contributed by atoms with Gasteiger partial charge in [-0.3, -0.25) is 15.2 Å². The maximum Gasteiger partial charge on any atom is 0.223 e. The highest BCUT2D eigenvalue weighted by Gasteiger charge is 2.25. The van der Waals surface area contributed by atoms with Gasteiger partial charge in [0.15, 0.2) is 5.11 Å². The van der Waals surface area contributed by atoms with Crippen LogP contribution in [0.4, 0.5) is 11.4 Å². The normalized spacial score (nSPS) is 17.8. The molecule has 150 valence electrons. The van der Waals surface area contributed by atoms with Crippen LogP contribution in [-0.2, 0) is 4.79 Å². The highest BCUT2D eigenvalue weighted by atomic mass is 32.1. The van der Waals surface area contributed by atoms with Crippen LogP contribution >= 0.6 is 12.2 Å². The van der Waals surface area contributed by atoms with Crippen molar-refractivity contribution in [1.82, 2.24) is 15.3 Å². The van der Waals surface area contributed by atoms with Crippen LogP contribution in [0.1, 0.15) is 19.0 Å². The molecule has 2 aliphatic heterocycles. The van der Waals surface area contributed by atoms with Crippen molar-refractivity contribution in [1.29, 1.82) is 0 Å². The van der Waals surface area contributed by atoms with Gasteiger partial charge in [0.1, 0.15) is 5.69 Å². The minimum atomic E-state index is 0.0121. The molecule has 1 amide bonds. The van der Waals surface area contributed by atoms with Gasteiger partial charge in [-0.25, -0.2) is 0 Å². The van der Waals surface area contributed by atoms with Gasteiger partial charge >= 0.3 is 0 Å². The van der Waals surface area contributed by atoms with Gasteiger partial charge in [0.2, 0.25) is 5.91 Å². The fourth-order valence-electron chi connectivity index (χ4n) is 3.72. The van der Waals surface area contributed by atoms with Gasteiger partial charge in [-0.05, 0) is 36.5 Å². The Morgan fingerprint density at radius 2 is 1.83 bits per heavy atom. The van der Waals surface area contributed by atoms with Crippen molar-refractivity contribution < 1.29 is 4.79 Å². The summed E-state index contributed by atoms with van der Waals surface area (Å²) in [4.78, 5) is 22.6. The number of piperazine rings is 1. The molecule has 3 heterocycles. The van der Waals surface area contributed by atoms with Crippen LogP contribution in [0.5, 0.6) is 0 Å². The molecule has 4 rings (SSSR count). The molecular weight excluding hydrogens is 384 g/mol. The van der Waals surface area contributed by atoms with E-state index in [1.807, 2.05) is 18.2 Å². The van der Waals surface area contributed by atoms with Gasteiger partial charge in [0, 0.05) is 58.0 Å². The van der Waals surface area contributed by atoms with Gasteiger partial charge in [-0.1, -0.05) is 18.2 Å². The van der Waals surface area contributed by atoms with E-state index in [1.54, 1.807) is 18.0 Å². The number of para-hydroxylation sites is 1. The Bertz CT molecular complexity index is 924. The van der Waals surface area contributed by atoms with Crippen molar-refractivity contribution in [3.05, 3.63) is 54.4 Å². The average Bonchev–Trinajstić information content (AvgIpc) is 2.77. The lowest BCUT2D eigenvalue weighted by Crippen LogP contribution is -2.51. The molecule has 1 fully saturated rings. The molecule has 0 unspecified atom stereocenters. The van der Waals surface area contributed by atoms with E-state index >= 15 is 0 Å². The topological polar surface area (TPSA) is 64.1 Å². The van der Waals surface area contributed by atoms with Crippen LogP contribution < -0.4 is 15.2 Å². The van der Waals surface area contributed by atoms with Gasteiger partial charge in [-0.15, -0.1) is 0 Å². The summed E-state index contributed by atoms with van der Waals surface area (Å²) in [5.41, 5.74) is 6.64. The number of pyridine rings is 1. The second-order valence-corrected chi connectivity index (χ2v) is 7.46. The van der Waals surface area contributed by atoms with Gasteiger partial charge in [-0.2, -0.15) is 5.10 Å². The fraction of sp³-hybridized carbons (Fsp3) is 0.333. The Labute approximate surface area is 176 Å². The molecule has 8 heteroatoms. The summed E-state index contributed by atoms with van der Waals surface area (Å²) in [5.74, 6) is 0.0121. The largest absolute Gasteiger partial charge is 0.368 e.